The zero-order valence-corrected chi connectivity index (χ0v) is 14.1. The maximum Gasteiger partial charge on any atom is 0.291 e. The summed E-state index contributed by atoms with van der Waals surface area (Å²) in [5.41, 5.74) is 0.426. The minimum absolute atomic E-state index is 0.0925. The second-order valence-corrected chi connectivity index (χ2v) is 7.16. The Balaban J connectivity index is 1.62. The van der Waals surface area contributed by atoms with Gasteiger partial charge in [0.05, 0.1) is 11.1 Å². The molecule has 2 aliphatic rings. The number of hydrogen-bond acceptors (Lipinski definition) is 6. The van der Waals surface area contributed by atoms with Gasteiger partial charge >= 0.3 is 0 Å². The molecule has 1 amide bonds. The lowest BCUT2D eigenvalue weighted by Gasteiger charge is -2.40. The van der Waals surface area contributed by atoms with Crippen molar-refractivity contribution in [3.8, 4) is 0 Å². The molecule has 4 rings (SSSR count). The molecule has 1 saturated carbocycles. The Morgan fingerprint density at radius 2 is 2.25 bits per heavy atom. The van der Waals surface area contributed by atoms with E-state index in [1.807, 2.05) is 11.8 Å². The molecule has 2 aromatic rings. The highest BCUT2D eigenvalue weighted by Gasteiger charge is 2.46. The summed E-state index contributed by atoms with van der Waals surface area (Å²) in [5.74, 6) is 2.28. The monoisotopic (exact) mass is 330 g/mol. The van der Waals surface area contributed by atoms with E-state index in [2.05, 4.69) is 15.1 Å². The molecule has 1 aliphatic carbocycles. The highest BCUT2D eigenvalue weighted by Crippen LogP contribution is 2.45. The molecule has 0 N–H and O–H groups in total. The fraction of sp³-hybridized carbons (Fsp3) is 0.647. The lowest BCUT2D eigenvalue weighted by atomic mass is 9.74. The van der Waals surface area contributed by atoms with E-state index in [1.54, 1.807) is 6.92 Å². The predicted molar refractivity (Wildman–Crippen MR) is 84.4 cm³/mol. The number of carbonyl (C=O) groups excluding carboxylic acids is 1. The van der Waals surface area contributed by atoms with Crippen molar-refractivity contribution in [1.29, 1.82) is 0 Å². The molecule has 0 spiro atoms. The third-order valence-electron chi connectivity index (χ3n) is 5.18. The van der Waals surface area contributed by atoms with Crippen LogP contribution in [0.1, 0.15) is 60.1 Å². The van der Waals surface area contributed by atoms with Crippen LogP contribution in [0.4, 0.5) is 0 Å². The van der Waals surface area contributed by atoms with E-state index in [-0.39, 0.29) is 11.3 Å². The van der Waals surface area contributed by atoms with E-state index >= 15 is 0 Å². The van der Waals surface area contributed by atoms with Crippen LogP contribution in [0, 0.1) is 19.8 Å². The molecule has 2 fully saturated rings. The molecule has 7 heteroatoms. The number of aromatic nitrogens is 3. The standard InChI is InChI=1S/C17H22N4O3/c1-11-14(23-10-18-11)15(22)21-7-3-6-17(9-21,8-13-4-5-13)16-19-12(2)24-20-16/h10,13H,3-9H2,1-2H3. The van der Waals surface area contributed by atoms with Crippen molar-refractivity contribution >= 4 is 5.91 Å². The van der Waals surface area contributed by atoms with Crippen molar-refractivity contribution in [2.45, 2.75) is 51.4 Å². The van der Waals surface area contributed by atoms with E-state index in [0.29, 0.717) is 29.8 Å². The van der Waals surface area contributed by atoms with Gasteiger partial charge in [-0.05, 0) is 32.1 Å². The Hall–Kier alpha value is -2.18. The summed E-state index contributed by atoms with van der Waals surface area (Å²) < 4.78 is 10.5. The normalized spacial score (nSPS) is 24.3. The Labute approximate surface area is 140 Å². The Morgan fingerprint density at radius 3 is 2.88 bits per heavy atom. The van der Waals surface area contributed by atoms with Gasteiger partial charge in [0.2, 0.25) is 11.7 Å². The summed E-state index contributed by atoms with van der Waals surface area (Å²) >= 11 is 0. The van der Waals surface area contributed by atoms with Crippen LogP contribution in [-0.2, 0) is 5.41 Å². The molecule has 1 atom stereocenters. The van der Waals surface area contributed by atoms with Gasteiger partial charge in [-0.3, -0.25) is 4.79 Å². The Kier molecular flexibility index (Phi) is 3.66. The van der Waals surface area contributed by atoms with Gasteiger partial charge in [0.15, 0.2) is 12.2 Å². The maximum absolute atomic E-state index is 12.8. The van der Waals surface area contributed by atoms with Crippen LogP contribution in [0.5, 0.6) is 0 Å². The third kappa shape index (κ3) is 2.72. The average Bonchev–Trinajstić information content (AvgIpc) is 3.09. The van der Waals surface area contributed by atoms with Crippen molar-refractivity contribution in [3.05, 3.63) is 29.6 Å². The van der Waals surface area contributed by atoms with Crippen molar-refractivity contribution in [3.63, 3.8) is 0 Å². The summed E-state index contributed by atoms with van der Waals surface area (Å²) in [6.07, 6.45) is 6.78. The summed E-state index contributed by atoms with van der Waals surface area (Å²) in [7, 11) is 0. The number of aryl methyl sites for hydroxylation is 2. The molecule has 1 saturated heterocycles. The summed E-state index contributed by atoms with van der Waals surface area (Å²) in [6, 6.07) is 0. The van der Waals surface area contributed by atoms with Gasteiger partial charge in [-0.25, -0.2) is 4.98 Å². The number of carbonyl (C=O) groups is 1. The molecule has 3 heterocycles. The number of likely N-dealkylation sites (tertiary alicyclic amines) is 1. The highest BCUT2D eigenvalue weighted by molar-refractivity contribution is 5.92. The SMILES string of the molecule is Cc1nc(C2(CC3CC3)CCCN(C(=O)c3ocnc3C)C2)no1. The van der Waals surface area contributed by atoms with Gasteiger partial charge in [0, 0.05) is 20.0 Å². The quantitative estimate of drug-likeness (QED) is 0.856. The van der Waals surface area contributed by atoms with Gasteiger partial charge in [-0.2, -0.15) is 4.98 Å². The highest BCUT2D eigenvalue weighted by atomic mass is 16.5. The molecular weight excluding hydrogens is 308 g/mol. The van der Waals surface area contributed by atoms with E-state index < -0.39 is 0 Å². The van der Waals surface area contributed by atoms with Gasteiger partial charge in [0.1, 0.15) is 0 Å². The molecule has 0 radical (unpaired) electrons. The summed E-state index contributed by atoms with van der Waals surface area (Å²) in [5, 5.41) is 4.21. The summed E-state index contributed by atoms with van der Waals surface area (Å²) in [4.78, 5) is 23.2. The average molecular weight is 330 g/mol. The van der Waals surface area contributed by atoms with E-state index in [0.717, 1.165) is 31.6 Å². The van der Waals surface area contributed by atoms with Crippen molar-refractivity contribution in [1.82, 2.24) is 20.0 Å². The van der Waals surface area contributed by atoms with E-state index in [9.17, 15) is 4.79 Å². The molecule has 24 heavy (non-hydrogen) atoms. The van der Waals surface area contributed by atoms with Crippen LogP contribution in [0.2, 0.25) is 0 Å². The smallest absolute Gasteiger partial charge is 0.291 e. The molecule has 7 nitrogen and oxygen atoms in total. The topological polar surface area (TPSA) is 85.3 Å². The lowest BCUT2D eigenvalue weighted by molar-refractivity contribution is 0.0575. The van der Waals surface area contributed by atoms with Crippen LogP contribution in [0.25, 0.3) is 0 Å². The minimum Gasteiger partial charge on any atom is -0.438 e. The zero-order valence-electron chi connectivity index (χ0n) is 14.1. The fourth-order valence-corrected chi connectivity index (χ4v) is 3.79. The number of hydrogen-bond donors (Lipinski definition) is 0. The predicted octanol–water partition coefficient (Wildman–Crippen LogP) is 2.65. The lowest BCUT2D eigenvalue weighted by Crippen LogP contribution is -2.49. The van der Waals surface area contributed by atoms with Crippen LogP contribution in [-0.4, -0.2) is 39.0 Å². The molecular formula is C17H22N4O3. The van der Waals surface area contributed by atoms with Crippen molar-refractivity contribution in [2.75, 3.05) is 13.1 Å². The molecule has 128 valence electrons. The number of oxazole rings is 1. The van der Waals surface area contributed by atoms with Crippen LogP contribution < -0.4 is 0 Å². The summed E-state index contributed by atoms with van der Waals surface area (Å²) in [6.45, 7) is 4.94. The van der Waals surface area contributed by atoms with Gasteiger partial charge in [-0.1, -0.05) is 18.0 Å². The maximum atomic E-state index is 12.8. The first-order valence-electron chi connectivity index (χ1n) is 8.57. The number of piperidine rings is 1. The zero-order chi connectivity index (χ0) is 16.7. The Bertz CT molecular complexity index is 749. The van der Waals surface area contributed by atoms with Crippen molar-refractivity contribution in [2.24, 2.45) is 5.92 Å². The van der Waals surface area contributed by atoms with Gasteiger partial charge in [0.25, 0.3) is 5.91 Å². The largest absolute Gasteiger partial charge is 0.438 e. The number of rotatable bonds is 4. The fourth-order valence-electron chi connectivity index (χ4n) is 3.79. The minimum atomic E-state index is -0.208. The first kappa shape index (κ1) is 15.4. The van der Waals surface area contributed by atoms with Gasteiger partial charge in [-0.15, -0.1) is 0 Å². The molecule has 0 aromatic carbocycles. The molecule has 1 aliphatic heterocycles. The van der Waals surface area contributed by atoms with Crippen LogP contribution in [0.3, 0.4) is 0 Å². The number of amides is 1. The molecule has 0 bridgehead atoms. The second kappa shape index (κ2) is 5.72. The van der Waals surface area contributed by atoms with E-state index in [1.165, 1.54) is 19.2 Å². The van der Waals surface area contributed by atoms with Crippen LogP contribution >= 0.6 is 0 Å². The second-order valence-electron chi connectivity index (χ2n) is 7.16. The number of nitrogens with zero attached hydrogens (tertiary/aromatic N) is 4. The third-order valence-corrected chi connectivity index (χ3v) is 5.18. The van der Waals surface area contributed by atoms with Crippen LogP contribution in [0.15, 0.2) is 15.3 Å². The first-order valence-corrected chi connectivity index (χ1v) is 8.57. The Morgan fingerprint density at radius 1 is 1.42 bits per heavy atom. The molecule has 2 aromatic heterocycles. The van der Waals surface area contributed by atoms with Gasteiger partial charge < -0.3 is 13.8 Å². The van der Waals surface area contributed by atoms with Crippen molar-refractivity contribution < 1.29 is 13.7 Å². The molecule has 1 unspecified atom stereocenters. The van der Waals surface area contributed by atoms with E-state index in [4.69, 9.17) is 8.94 Å². The first-order chi connectivity index (χ1) is 11.6.